The fraction of sp³-hybridized carbons (Fsp3) is 0.308. The summed E-state index contributed by atoms with van der Waals surface area (Å²) >= 11 is 1.86. The molecule has 0 atom stereocenters. The van der Waals surface area contributed by atoms with E-state index in [4.69, 9.17) is 0 Å². The zero-order valence-electron chi connectivity index (χ0n) is 8.99. The first-order valence-electron chi connectivity index (χ1n) is 5.18. The fourth-order valence-electron chi connectivity index (χ4n) is 1.68. The van der Waals surface area contributed by atoms with Crippen molar-refractivity contribution in [2.75, 3.05) is 5.75 Å². The molecule has 0 bridgehead atoms. The summed E-state index contributed by atoms with van der Waals surface area (Å²) in [5, 5.41) is 2.16. The Morgan fingerprint density at radius 3 is 3.13 bits per heavy atom. The molecule has 2 heteroatoms. The maximum absolute atomic E-state index is 4.49. The van der Waals surface area contributed by atoms with E-state index < -0.39 is 0 Å². The van der Waals surface area contributed by atoms with Crippen molar-refractivity contribution >= 4 is 17.5 Å². The van der Waals surface area contributed by atoms with Crippen molar-refractivity contribution in [1.29, 1.82) is 0 Å². The van der Waals surface area contributed by atoms with E-state index >= 15 is 0 Å². The number of hydrogen-bond donors (Lipinski definition) is 0. The molecule has 0 fully saturated rings. The van der Waals surface area contributed by atoms with Crippen LogP contribution in [0.5, 0.6) is 0 Å². The predicted molar refractivity (Wildman–Crippen MR) is 69.2 cm³/mol. The van der Waals surface area contributed by atoms with E-state index in [-0.39, 0.29) is 0 Å². The number of nitrogens with zero attached hydrogens (tertiary/aromatic N) is 1. The van der Waals surface area contributed by atoms with Gasteiger partial charge in [0.25, 0.3) is 0 Å². The van der Waals surface area contributed by atoms with Crippen molar-refractivity contribution in [3.8, 4) is 0 Å². The molecule has 2 aliphatic heterocycles. The molecular weight excluding hydrogens is 202 g/mol. The number of allylic oxidation sites excluding steroid dienone is 5. The van der Waals surface area contributed by atoms with Gasteiger partial charge in [0.1, 0.15) is 0 Å². The van der Waals surface area contributed by atoms with Gasteiger partial charge in [-0.25, -0.2) is 0 Å². The van der Waals surface area contributed by atoms with E-state index in [0.717, 1.165) is 24.1 Å². The lowest BCUT2D eigenvalue weighted by Crippen LogP contribution is -1.81. The maximum atomic E-state index is 4.49. The van der Waals surface area contributed by atoms with Gasteiger partial charge in [-0.3, -0.25) is 4.99 Å². The average molecular weight is 217 g/mol. The molecule has 0 unspecified atom stereocenters. The summed E-state index contributed by atoms with van der Waals surface area (Å²) in [7, 11) is 0. The van der Waals surface area contributed by atoms with Gasteiger partial charge >= 0.3 is 0 Å². The summed E-state index contributed by atoms with van der Waals surface area (Å²) in [6, 6.07) is 0. The van der Waals surface area contributed by atoms with E-state index in [1.165, 1.54) is 17.0 Å². The van der Waals surface area contributed by atoms with Gasteiger partial charge in [0.2, 0.25) is 0 Å². The lowest BCUT2D eigenvalue weighted by Gasteiger charge is -1.96. The van der Waals surface area contributed by atoms with Crippen LogP contribution in [0.2, 0.25) is 0 Å². The second-order valence-corrected chi connectivity index (χ2v) is 4.84. The first kappa shape index (κ1) is 10.5. The van der Waals surface area contributed by atoms with Crippen LogP contribution in [-0.4, -0.2) is 11.5 Å². The molecule has 2 heterocycles. The zero-order chi connectivity index (χ0) is 10.7. The molecule has 0 saturated carbocycles. The van der Waals surface area contributed by atoms with Crippen LogP contribution in [0.1, 0.15) is 19.8 Å². The van der Waals surface area contributed by atoms with Crippen LogP contribution in [0.4, 0.5) is 0 Å². The van der Waals surface area contributed by atoms with Crippen molar-refractivity contribution in [3.63, 3.8) is 0 Å². The number of thioether (sulfide) groups is 1. The third-order valence-corrected chi connectivity index (χ3v) is 3.22. The Morgan fingerprint density at radius 2 is 2.40 bits per heavy atom. The van der Waals surface area contributed by atoms with Gasteiger partial charge in [0.05, 0.1) is 5.70 Å². The van der Waals surface area contributed by atoms with Crippen LogP contribution < -0.4 is 0 Å². The Bertz CT molecular complexity index is 397. The largest absolute Gasteiger partial charge is 0.257 e. The molecule has 1 nitrogen and oxygen atoms in total. The third kappa shape index (κ3) is 2.72. The molecule has 0 aromatic heterocycles. The molecule has 0 amide bonds. The normalized spacial score (nSPS) is 24.1. The van der Waals surface area contributed by atoms with Gasteiger partial charge in [0, 0.05) is 17.9 Å². The molecule has 0 N–H and O–H groups in total. The fourth-order valence-corrected chi connectivity index (χ4v) is 2.32. The minimum Gasteiger partial charge on any atom is -0.257 e. The van der Waals surface area contributed by atoms with Crippen molar-refractivity contribution in [2.24, 2.45) is 4.99 Å². The van der Waals surface area contributed by atoms with Crippen LogP contribution >= 0.6 is 11.8 Å². The molecule has 2 aliphatic rings. The van der Waals surface area contributed by atoms with Crippen LogP contribution in [0.15, 0.2) is 52.1 Å². The quantitative estimate of drug-likeness (QED) is 0.649. The smallest absolute Gasteiger partial charge is 0.0664 e. The second-order valence-electron chi connectivity index (χ2n) is 3.82. The predicted octanol–water partition coefficient (Wildman–Crippen LogP) is 3.87. The van der Waals surface area contributed by atoms with E-state index in [1.807, 2.05) is 11.8 Å². The van der Waals surface area contributed by atoms with Gasteiger partial charge in [-0.15, -0.1) is 11.8 Å². The maximum Gasteiger partial charge on any atom is 0.0664 e. The van der Waals surface area contributed by atoms with E-state index in [2.05, 4.69) is 42.1 Å². The summed E-state index contributed by atoms with van der Waals surface area (Å²) in [6.45, 7) is 6.09. The highest BCUT2D eigenvalue weighted by atomic mass is 32.2. The van der Waals surface area contributed by atoms with Crippen molar-refractivity contribution in [2.45, 2.75) is 19.8 Å². The van der Waals surface area contributed by atoms with Gasteiger partial charge in [0.15, 0.2) is 0 Å². The van der Waals surface area contributed by atoms with Crippen molar-refractivity contribution in [3.05, 3.63) is 47.1 Å². The van der Waals surface area contributed by atoms with Crippen molar-refractivity contribution < 1.29 is 0 Å². The Balaban J connectivity index is 2.22. The molecule has 0 saturated heterocycles. The average Bonchev–Trinajstić information content (AvgIpc) is 2.44. The Labute approximate surface area is 95.4 Å². The van der Waals surface area contributed by atoms with Gasteiger partial charge in [-0.05, 0) is 42.1 Å². The van der Waals surface area contributed by atoms with Crippen molar-refractivity contribution in [1.82, 2.24) is 0 Å². The molecule has 0 spiro atoms. The molecule has 78 valence electrons. The Kier molecular flexibility index (Phi) is 3.27. The Hall–Kier alpha value is -1.02. The SMILES string of the molecule is C=C1CC(C)=N/C1=C\C1=CCCSC=C1. The highest BCUT2D eigenvalue weighted by Crippen LogP contribution is 2.25. The second kappa shape index (κ2) is 4.67. The molecule has 0 aromatic rings. The topological polar surface area (TPSA) is 12.4 Å². The minimum atomic E-state index is 0.928. The highest BCUT2D eigenvalue weighted by Gasteiger charge is 2.11. The van der Waals surface area contributed by atoms with Crippen LogP contribution in [0.3, 0.4) is 0 Å². The zero-order valence-corrected chi connectivity index (χ0v) is 9.81. The first-order chi connectivity index (χ1) is 7.25. The summed E-state index contributed by atoms with van der Waals surface area (Å²) in [6.07, 6.45) is 8.62. The summed E-state index contributed by atoms with van der Waals surface area (Å²) in [5.41, 5.74) is 4.61. The lowest BCUT2D eigenvalue weighted by molar-refractivity contribution is 1.23. The number of rotatable bonds is 1. The monoisotopic (exact) mass is 217 g/mol. The van der Waals surface area contributed by atoms with Crippen LogP contribution in [0, 0.1) is 0 Å². The van der Waals surface area contributed by atoms with Gasteiger partial charge in [-0.2, -0.15) is 0 Å². The molecular formula is C13H15NS. The third-order valence-electron chi connectivity index (χ3n) is 2.42. The highest BCUT2D eigenvalue weighted by molar-refractivity contribution is 8.02. The van der Waals surface area contributed by atoms with E-state index in [0.29, 0.717) is 0 Å². The summed E-state index contributed by atoms with van der Waals surface area (Å²) < 4.78 is 0. The van der Waals surface area contributed by atoms with Gasteiger partial charge < -0.3 is 0 Å². The van der Waals surface area contributed by atoms with E-state index in [1.54, 1.807) is 0 Å². The van der Waals surface area contributed by atoms with Gasteiger partial charge in [-0.1, -0.05) is 12.7 Å². The summed E-state index contributed by atoms with van der Waals surface area (Å²) in [4.78, 5) is 4.49. The molecule has 15 heavy (non-hydrogen) atoms. The van der Waals surface area contributed by atoms with E-state index in [9.17, 15) is 0 Å². The standard InChI is InChI=1S/C13H15NS/c1-10-8-11(2)14-13(10)9-12-4-3-6-15-7-5-12/h4-5,7,9H,1,3,6,8H2,2H3/b13-9-. The lowest BCUT2D eigenvalue weighted by atomic mass is 10.1. The minimum absolute atomic E-state index is 0.928. The first-order valence-corrected chi connectivity index (χ1v) is 6.23. The van der Waals surface area contributed by atoms with Crippen LogP contribution in [0.25, 0.3) is 0 Å². The molecule has 2 rings (SSSR count). The van der Waals surface area contributed by atoms with Crippen LogP contribution in [-0.2, 0) is 0 Å². The molecule has 0 aromatic carbocycles. The summed E-state index contributed by atoms with van der Waals surface area (Å²) in [5.74, 6) is 1.17. The molecule has 0 radical (unpaired) electrons. The molecule has 0 aliphatic carbocycles. The Morgan fingerprint density at radius 1 is 1.53 bits per heavy atom. The number of hydrogen-bond acceptors (Lipinski definition) is 2. The number of aliphatic imine (C=N–C) groups is 1.